The first-order valence-corrected chi connectivity index (χ1v) is 7.37. The molecule has 2 aromatic heterocycles. The zero-order valence-corrected chi connectivity index (χ0v) is 12.9. The van der Waals surface area contributed by atoms with Crippen LogP contribution in [0.25, 0.3) is 11.1 Å². The number of nitrogens with zero attached hydrogens (tertiary/aromatic N) is 4. The SMILES string of the molecule is COCC(=O)N1CCO[C@@H](c2ccc(-c3cncnc3)cn2)C1. The Morgan fingerprint density at radius 2 is 2.13 bits per heavy atom. The Balaban J connectivity index is 1.70. The molecule has 7 heteroatoms. The van der Waals surface area contributed by atoms with E-state index in [9.17, 15) is 4.79 Å². The van der Waals surface area contributed by atoms with Gasteiger partial charge in [0.25, 0.3) is 0 Å². The van der Waals surface area contributed by atoms with Gasteiger partial charge in [0.05, 0.1) is 18.8 Å². The first-order valence-electron chi connectivity index (χ1n) is 7.37. The lowest BCUT2D eigenvalue weighted by Gasteiger charge is -2.32. The lowest BCUT2D eigenvalue weighted by molar-refractivity contribution is -0.143. The average molecular weight is 314 g/mol. The summed E-state index contributed by atoms with van der Waals surface area (Å²) in [4.78, 5) is 26.1. The molecule has 0 unspecified atom stereocenters. The fourth-order valence-electron chi connectivity index (χ4n) is 2.48. The van der Waals surface area contributed by atoms with Crippen LogP contribution < -0.4 is 0 Å². The Kier molecular flexibility index (Phi) is 4.89. The highest BCUT2D eigenvalue weighted by Gasteiger charge is 2.26. The van der Waals surface area contributed by atoms with Crippen LogP contribution in [-0.4, -0.2) is 59.2 Å². The molecule has 0 spiro atoms. The number of morpholine rings is 1. The molecule has 3 heterocycles. The summed E-state index contributed by atoms with van der Waals surface area (Å²) < 4.78 is 10.6. The van der Waals surface area contributed by atoms with E-state index in [4.69, 9.17) is 9.47 Å². The quantitative estimate of drug-likeness (QED) is 0.840. The number of carbonyl (C=O) groups is 1. The van der Waals surface area contributed by atoms with Gasteiger partial charge in [-0.1, -0.05) is 6.07 Å². The molecule has 23 heavy (non-hydrogen) atoms. The molecule has 120 valence electrons. The van der Waals surface area contributed by atoms with Crippen molar-refractivity contribution in [2.24, 2.45) is 0 Å². The molecule has 1 saturated heterocycles. The highest BCUT2D eigenvalue weighted by Crippen LogP contribution is 2.23. The van der Waals surface area contributed by atoms with Gasteiger partial charge in [-0.05, 0) is 6.07 Å². The normalized spacial score (nSPS) is 18.0. The molecular formula is C16H18N4O3. The summed E-state index contributed by atoms with van der Waals surface area (Å²) in [5.74, 6) is -0.0288. The van der Waals surface area contributed by atoms with Gasteiger partial charge < -0.3 is 14.4 Å². The van der Waals surface area contributed by atoms with Crippen LogP contribution in [-0.2, 0) is 14.3 Å². The van der Waals surface area contributed by atoms with Gasteiger partial charge in [-0.15, -0.1) is 0 Å². The number of carbonyl (C=O) groups excluding carboxylic acids is 1. The van der Waals surface area contributed by atoms with Gasteiger partial charge in [-0.3, -0.25) is 9.78 Å². The van der Waals surface area contributed by atoms with Crippen LogP contribution in [0.1, 0.15) is 11.8 Å². The number of rotatable bonds is 4. The molecule has 1 aliphatic heterocycles. The number of aromatic nitrogens is 3. The lowest BCUT2D eigenvalue weighted by atomic mass is 10.1. The van der Waals surface area contributed by atoms with Crippen molar-refractivity contribution in [2.45, 2.75) is 6.10 Å². The van der Waals surface area contributed by atoms with Crippen LogP contribution in [0.2, 0.25) is 0 Å². The maximum Gasteiger partial charge on any atom is 0.248 e. The van der Waals surface area contributed by atoms with Gasteiger partial charge in [-0.25, -0.2) is 9.97 Å². The number of hydrogen-bond donors (Lipinski definition) is 0. The largest absolute Gasteiger partial charge is 0.375 e. The summed E-state index contributed by atoms with van der Waals surface area (Å²) in [6.45, 7) is 1.66. The van der Waals surface area contributed by atoms with E-state index >= 15 is 0 Å². The number of methoxy groups -OCH3 is 1. The predicted octanol–water partition coefficient (Wildman–Crippen LogP) is 1.08. The lowest BCUT2D eigenvalue weighted by Crippen LogP contribution is -2.43. The Morgan fingerprint density at radius 3 is 2.83 bits per heavy atom. The highest BCUT2D eigenvalue weighted by atomic mass is 16.5. The molecule has 1 atom stereocenters. The molecule has 1 aliphatic rings. The molecule has 0 bridgehead atoms. The Labute approximate surface area is 134 Å². The van der Waals surface area contributed by atoms with Crippen molar-refractivity contribution in [3.8, 4) is 11.1 Å². The molecule has 0 N–H and O–H groups in total. The van der Waals surface area contributed by atoms with E-state index in [1.165, 1.54) is 13.4 Å². The fourth-order valence-corrected chi connectivity index (χ4v) is 2.48. The minimum atomic E-state index is -0.217. The molecule has 2 aromatic rings. The van der Waals surface area contributed by atoms with Crippen molar-refractivity contribution in [2.75, 3.05) is 33.4 Å². The summed E-state index contributed by atoms with van der Waals surface area (Å²) in [6, 6.07) is 3.87. The minimum Gasteiger partial charge on any atom is -0.375 e. The third-order valence-electron chi connectivity index (χ3n) is 3.70. The number of pyridine rings is 1. The second-order valence-electron chi connectivity index (χ2n) is 5.23. The maximum atomic E-state index is 11.9. The van der Waals surface area contributed by atoms with E-state index in [0.29, 0.717) is 19.7 Å². The van der Waals surface area contributed by atoms with Crippen LogP contribution >= 0.6 is 0 Å². The third-order valence-corrected chi connectivity index (χ3v) is 3.70. The smallest absolute Gasteiger partial charge is 0.248 e. The standard InChI is InChI=1S/C16H18N4O3/c1-22-10-16(21)20-4-5-23-15(9-20)14-3-2-12(8-19-14)13-6-17-11-18-7-13/h2-3,6-8,11,15H,4-5,9-10H2,1H3/t15-/m1/s1. The van der Waals surface area contributed by atoms with Crippen LogP contribution in [0.4, 0.5) is 0 Å². The number of hydrogen-bond acceptors (Lipinski definition) is 6. The first-order chi connectivity index (χ1) is 11.3. The Bertz CT molecular complexity index is 648. The molecule has 3 rings (SSSR count). The van der Waals surface area contributed by atoms with E-state index in [2.05, 4.69) is 15.0 Å². The molecule has 1 fully saturated rings. The zero-order chi connectivity index (χ0) is 16.1. The molecule has 0 aromatic carbocycles. The van der Waals surface area contributed by atoms with Crippen molar-refractivity contribution in [3.63, 3.8) is 0 Å². The van der Waals surface area contributed by atoms with Crippen LogP contribution in [0.15, 0.2) is 37.1 Å². The Hall–Kier alpha value is -2.38. The minimum absolute atomic E-state index is 0.0288. The van der Waals surface area contributed by atoms with Crippen LogP contribution in [0.3, 0.4) is 0 Å². The van der Waals surface area contributed by atoms with Gasteiger partial charge in [-0.2, -0.15) is 0 Å². The topological polar surface area (TPSA) is 77.4 Å². The van der Waals surface area contributed by atoms with Crippen molar-refractivity contribution in [3.05, 3.63) is 42.7 Å². The van der Waals surface area contributed by atoms with Gasteiger partial charge in [0.2, 0.25) is 5.91 Å². The molecular weight excluding hydrogens is 296 g/mol. The fraction of sp³-hybridized carbons (Fsp3) is 0.375. The van der Waals surface area contributed by atoms with E-state index < -0.39 is 0 Å². The van der Waals surface area contributed by atoms with E-state index in [-0.39, 0.29) is 18.6 Å². The number of amides is 1. The van der Waals surface area contributed by atoms with Crippen molar-refractivity contribution < 1.29 is 14.3 Å². The first kappa shape index (κ1) is 15.5. The predicted molar refractivity (Wildman–Crippen MR) is 82.4 cm³/mol. The number of ether oxygens (including phenoxy) is 2. The van der Waals surface area contributed by atoms with Gasteiger partial charge in [0.1, 0.15) is 19.0 Å². The monoisotopic (exact) mass is 314 g/mol. The van der Waals surface area contributed by atoms with Crippen molar-refractivity contribution in [1.29, 1.82) is 0 Å². The summed E-state index contributed by atoms with van der Waals surface area (Å²) >= 11 is 0. The summed E-state index contributed by atoms with van der Waals surface area (Å²) in [6.07, 6.45) is 6.53. The summed E-state index contributed by atoms with van der Waals surface area (Å²) in [7, 11) is 1.52. The Morgan fingerprint density at radius 1 is 1.30 bits per heavy atom. The van der Waals surface area contributed by atoms with Crippen LogP contribution in [0, 0.1) is 0 Å². The van der Waals surface area contributed by atoms with Gasteiger partial charge in [0, 0.05) is 43.4 Å². The van der Waals surface area contributed by atoms with Crippen molar-refractivity contribution >= 4 is 5.91 Å². The van der Waals surface area contributed by atoms with Gasteiger partial charge >= 0.3 is 0 Å². The second kappa shape index (κ2) is 7.26. The third kappa shape index (κ3) is 3.69. The average Bonchev–Trinajstić information content (AvgIpc) is 2.63. The van der Waals surface area contributed by atoms with Crippen molar-refractivity contribution in [1.82, 2.24) is 19.9 Å². The summed E-state index contributed by atoms with van der Waals surface area (Å²) in [5, 5.41) is 0. The molecule has 0 radical (unpaired) electrons. The molecule has 7 nitrogen and oxygen atoms in total. The zero-order valence-electron chi connectivity index (χ0n) is 12.9. The summed E-state index contributed by atoms with van der Waals surface area (Å²) in [5.41, 5.74) is 2.66. The van der Waals surface area contributed by atoms with E-state index in [1.54, 1.807) is 23.5 Å². The van der Waals surface area contributed by atoms with Crippen LogP contribution in [0.5, 0.6) is 0 Å². The van der Waals surface area contributed by atoms with Gasteiger partial charge in [0.15, 0.2) is 0 Å². The highest BCUT2D eigenvalue weighted by molar-refractivity contribution is 5.77. The van der Waals surface area contributed by atoms with E-state index in [1.807, 2.05) is 12.1 Å². The molecule has 0 saturated carbocycles. The second-order valence-corrected chi connectivity index (χ2v) is 5.23. The molecule has 1 amide bonds. The maximum absolute atomic E-state index is 11.9. The molecule has 0 aliphatic carbocycles. The van der Waals surface area contributed by atoms with E-state index in [0.717, 1.165) is 16.8 Å².